The Labute approximate surface area is 144 Å². The lowest BCUT2D eigenvalue weighted by Gasteiger charge is -2.26. The Kier molecular flexibility index (Phi) is 4.58. The van der Waals surface area contributed by atoms with E-state index in [1.54, 1.807) is 0 Å². The lowest BCUT2D eigenvalue weighted by atomic mass is 9.88. The highest BCUT2D eigenvalue weighted by atomic mass is 35.5. The molecule has 0 amide bonds. The molecule has 0 spiro atoms. The van der Waals surface area contributed by atoms with Crippen LogP contribution in [0.5, 0.6) is 0 Å². The van der Waals surface area contributed by atoms with Crippen molar-refractivity contribution in [3.05, 3.63) is 68.7 Å². The third-order valence-electron chi connectivity index (χ3n) is 4.07. The number of halogens is 1. The number of fused-ring (bicyclic) bond motifs is 1. The number of benzene rings is 2. The van der Waals surface area contributed by atoms with E-state index in [2.05, 4.69) is 4.72 Å². The number of hydrogen-bond donors (Lipinski definition) is 1. The average molecular weight is 367 g/mol. The number of aryl methyl sites for hydroxylation is 1. The van der Waals surface area contributed by atoms with Gasteiger partial charge in [0.1, 0.15) is 0 Å². The molecule has 0 heterocycles. The molecule has 0 fully saturated rings. The first kappa shape index (κ1) is 16.9. The predicted molar refractivity (Wildman–Crippen MR) is 90.5 cm³/mol. The lowest BCUT2D eigenvalue weighted by molar-refractivity contribution is -0.387. The van der Waals surface area contributed by atoms with E-state index in [1.165, 1.54) is 6.07 Å². The summed E-state index contributed by atoms with van der Waals surface area (Å²) in [6, 6.07) is 10.8. The maximum absolute atomic E-state index is 12.7. The number of nitro benzene ring substituents is 1. The smallest absolute Gasteiger partial charge is 0.258 e. The van der Waals surface area contributed by atoms with Crippen LogP contribution >= 0.6 is 11.6 Å². The largest absolute Gasteiger partial charge is 0.290 e. The minimum atomic E-state index is -4.05. The van der Waals surface area contributed by atoms with Crippen LogP contribution in [0.15, 0.2) is 47.4 Å². The van der Waals surface area contributed by atoms with Gasteiger partial charge in [0.2, 0.25) is 10.0 Å². The summed E-state index contributed by atoms with van der Waals surface area (Å²) in [5.41, 5.74) is 1.49. The standard InChI is InChI=1S/C16H15ClN2O4S/c17-12-8-9-16(15(10-12)19(20)21)24(22,23)18-14-7-3-5-11-4-1-2-6-13(11)14/h1-2,4,6,8-10,14,18H,3,5,7H2/t14-/m1/s1. The molecule has 0 aromatic heterocycles. The molecule has 0 saturated carbocycles. The van der Waals surface area contributed by atoms with Crippen molar-refractivity contribution in [3.63, 3.8) is 0 Å². The van der Waals surface area contributed by atoms with Crippen molar-refractivity contribution in [2.45, 2.75) is 30.2 Å². The fraction of sp³-hybridized carbons (Fsp3) is 0.250. The minimum Gasteiger partial charge on any atom is -0.258 e. The molecule has 6 nitrogen and oxygen atoms in total. The molecule has 1 N–H and O–H groups in total. The van der Waals surface area contributed by atoms with Gasteiger partial charge in [0, 0.05) is 17.1 Å². The highest BCUT2D eigenvalue weighted by Gasteiger charge is 2.30. The molecule has 0 aliphatic heterocycles. The molecule has 8 heteroatoms. The first-order chi connectivity index (χ1) is 11.4. The van der Waals surface area contributed by atoms with Gasteiger partial charge in [-0.3, -0.25) is 10.1 Å². The molecule has 1 aliphatic carbocycles. The van der Waals surface area contributed by atoms with Crippen LogP contribution in [0, 0.1) is 10.1 Å². The molecule has 0 bridgehead atoms. The second-order valence-electron chi connectivity index (χ2n) is 5.63. The third kappa shape index (κ3) is 3.28. The zero-order chi connectivity index (χ0) is 17.3. The van der Waals surface area contributed by atoms with Gasteiger partial charge in [-0.15, -0.1) is 0 Å². The quantitative estimate of drug-likeness (QED) is 0.661. The Morgan fingerprint density at radius 3 is 2.71 bits per heavy atom. The third-order valence-corrected chi connectivity index (χ3v) is 5.83. The highest BCUT2D eigenvalue weighted by molar-refractivity contribution is 7.89. The van der Waals surface area contributed by atoms with Crippen molar-refractivity contribution in [3.8, 4) is 0 Å². The Bertz CT molecular complexity index is 899. The van der Waals surface area contributed by atoms with Crippen molar-refractivity contribution < 1.29 is 13.3 Å². The highest BCUT2D eigenvalue weighted by Crippen LogP contribution is 2.33. The number of nitrogens with one attached hydrogen (secondary N) is 1. The molecule has 3 rings (SSSR count). The SMILES string of the molecule is O=[N+]([O-])c1cc(Cl)ccc1S(=O)(=O)N[C@@H]1CCCc2ccccc21. The van der Waals surface area contributed by atoms with E-state index in [4.69, 9.17) is 11.6 Å². The van der Waals surface area contributed by atoms with E-state index in [-0.39, 0.29) is 9.92 Å². The van der Waals surface area contributed by atoms with E-state index in [9.17, 15) is 18.5 Å². The first-order valence-corrected chi connectivity index (χ1v) is 9.28. The number of nitrogens with zero attached hydrogens (tertiary/aromatic N) is 1. The van der Waals surface area contributed by atoms with Crippen molar-refractivity contribution in [1.29, 1.82) is 0 Å². The van der Waals surface area contributed by atoms with Gasteiger partial charge in [-0.2, -0.15) is 0 Å². The summed E-state index contributed by atoms with van der Waals surface area (Å²) < 4.78 is 28.0. The van der Waals surface area contributed by atoms with E-state index >= 15 is 0 Å². The number of rotatable bonds is 4. The van der Waals surface area contributed by atoms with E-state index in [1.807, 2.05) is 24.3 Å². The summed E-state index contributed by atoms with van der Waals surface area (Å²) in [7, 11) is -4.05. The van der Waals surface area contributed by atoms with Crippen LogP contribution in [0.4, 0.5) is 5.69 Å². The normalized spacial score (nSPS) is 17.3. The Morgan fingerprint density at radius 1 is 1.21 bits per heavy atom. The van der Waals surface area contributed by atoms with Crippen LogP contribution in [0.3, 0.4) is 0 Å². The molecular weight excluding hydrogens is 352 g/mol. The first-order valence-electron chi connectivity index (χ1n) is 7.42. The molecule has 2 aromatic rings. The molecule has 0 radical (unpaired) electrons. The van der Waals surface area contributed by atoms with Gasteiger partial charge in [-0.1, -0.05) is 35.9 Å². The van der Waals surface area contributed by atoms with Crippen LogP contribution in [-0.2, 0) is 16.4 Å². The van der Waals surface area contributed by atoms with Crippen molar-refractivity contribution in [2.75, 3.05) is 0 Å². The second kappa shape index (κ2) is 6.51. The van der Waals surface area contributed by atoms with Crippen molar-refractivity contribution in [1.82, 2.24) is 4.72 Å². The van der Waals surface area contributed by atoms with Crippen LogP contribution in [0.2, 0.25) is 5.02 Å². The predicted octanol–water partition coefficient (Wildman–Crippen LogP) is 3.60. The van der Waals surface area contributed by atoms with Gasteiger partial charge in [0.25, 0.3) is 5.69 Å². The summed E-state index contributed by atoms with van der Waals surface area (Å²) in [5.74, 6) is 0. The molecule has 126 valence electrons. The lowest BCUT2D eigenvalue weighted by Crippen LogP contribution is -2.31. The summed E-state index contributed by atoms with van der Waals surface area (Å²) in [6.45, 7) is 0. The average Bonchev–Trinajstić information content (AvgIpc) is 2.54. The zero-order valence-corrected chi connectivity index (χ0v) is 14.2. The molecule has 2 aromatic carbocycles. The number of nitro groups is 1. The Balaban J connectivity index is 1.98. The fourth-order valence-corrected chi connectivity index (χ4v) is 4.56. The summed E-state index contributed by atoms with van der Waals surface area (Å²) in [6.07, 6.45) is 2.40. The summed E-state index contributed by atoms with van der Waals surface area (Å²) in [4.78, 5) is 10.1. The monoisotopic (exact) mass is 366 g/mol. The molecule has 1 atom stereocenters. The van der Waals surface area contributed by atoms with Gasteiger partial charge in [0.15, 0.2) is 4.90 Å². The topological polar surface area (TPSA) is 89.3 Å². The van der Waals surface area contributed by atoms with Gasteiger partial charge in [-0.05, 0) is 42.5 Å². The maximum atomic E-state index is 12.7. The van der Waals surface area contributed by atoms with Crippen molar-refractivity contribution >= 4 is 27.3 Å². The second-order valence-corrected chi connectivity index (χ2v) is 7.75. The zero-order valence-electron chi connectivity index (χ0n) is 12.6. The van der Waals surface area contributed by atoms with Crippen LogP contribution in [0.1, 0.15) is 30.0 Å². The van der Waals surface area contributed by atoms with Gasteiger partial charge in [-0.25, -0.2) is 13.1 Å². The molecule has 0 unspecified atom stereocenters. The molecular formula is C16H15ClN2O4S. The molecule has 0 saturated heterocycles. The fourth-order valence-electron chi connectivity index (χ4n) is 2.99. The summed E-state index contributed by atoms with van der Waals surface area (Å²) in [5, 5.41) is 11.3. The van der Waals surface area contributed by atoms with E-state index in [0.29, 0.717) is 6.42 Å². The minimum absolute atomic E-state index is 0.115. The van der Waals surface area contributed by atoms with Gasteiger partial charge >= 0.3 is 0 Å². The van der Waals surface area contributed by atoms with Crippen molar-refractivity contribution in [2.24, 2.45) is 0 Å². The van der Waals surface area contributed by atoms with Crippen LogP contribution in [-0.4, -0.2) is 13.3 Å². The maximum Gasteiger partial charge on any atom is 0.290 e. The van der Waals surface area contributed by atoms with Gasteiger partial charge in [0.05, 0.1) is 4.92 Å². The van der Waals surface area contributed by atoms with E-state index < -0.39 is 26.7 Å². The Morgan fingerprint density at radius 2 is 1.96 bits per heavy atom. The summed E-state index contributed by atoms with van der Waals surface area (Å²) >= 11 is 5.75. The molecule has 1 aliphatic rings. The van der Waals surface area contributed by atoms with Gasteiger partial charge < -0.3 is 0 Å². The van der Waals surface area contributed by atoms with E-state index in [0.717, 1.165) is 36.1 Å². The van der Waals surface area contributed by atoms with Crippen LogP contribution in [0.25, 0.3) is 0 Å². The molecule has 24 heavy (non-hydrogen) atoms. The Hall–Kier alpha value is -1.96. The van der Waals surface area contributed by atoms with Crippen LogP contribution < -0.4 is 4.72 Å². The number of hydrogen-bond acceptors (Lipinski definition) is 4. The number of sulfonamides is 1.